The van der Waals surface area contributed by atoms with E-state index in [4.69, 9.17) is 17.0 Å². The minimum atomic E-state index is -1.24. The lowest BCUT2D eigenvalue weighted by atomic mass is 10.0. The number of hydrogen-bond acceptors (Lipinski definition) is 7. The number of carboxylic acids is 1. The topological polar surface area (TPSA) is 149 Å². The molecule has 2 atom stereocenters. The molecule has 1 unspecified atom stereocenters. The van der Waals surface area contributed by atoms with Crippen LogP contribution in [0.15, 0.2) is 65.6 Å². The molecule has 2 aromatic carbocycles. The predicted octanol–water partition coefficient (Wildman–Crippen LogP) is 3.86. The first kappa shape index (κ1) is 28.4. The van der Waals surface area contributed by atoms with Crippen molar-refractivity contribution in [3.63, 3.8) is 0 Å². The van der Waals surface area contributed by atoms with Crippen LogP contribution in [0, 0.1) is 29.0 Å². The van der Waals surface area contributed by atoms with Crippen LogP contribution in [0.2, 0.25) is 0 Å². The van der Waals surface area contributed by atoms with Gasteiger partial charge in [0.25, 0.3) is 5.91 Å². The van der Waals surface area contributed by atoms with Gasteiger partial charge in [0, 0.05) is 67.5 Å². The summed E-state index contributed by atoms with van der Waals surface area (Å²) in [5.74, 6) is 3.23. The van der Waals surface area contributed by atoms with Crippen molar-refractivity contribution in [1.29, 1.82) is 5.41 Å². The molecule has 0 saturated heterocycles. The van der Waals surface area contributed by atoms with Crippen molar-refractivity contribution < 1.29 is 19.1 Å². The normalized spacial score (nSPS) is 17.5. The lowest BCUT2D eigenvalue weighted by Gasteiger charge is -2.20. The highest BCUT2D eigenvalue weighted by Crippen LogP contribution is 2.48. The van der Waals surface area contributed by atoms with Crippen LogP contribution in [0.3, 0.4) is 0 Å². The first-order valence-electron chi connectivity index (χ1n) is 12.3. The van der Waals surface area contributed by atoms with Gasteiger partial charge in [-0.25, -0.2) is 15.0 Å². The molecule has 0 heterocycles. The summed E-state index contributed by atoms with van der Waals surface area (Å²) in [6.07, 6.45) is 2.95. The average Bonchev–Trinajstić information content (AvgIpc) is 3.64. The maximum atomic E-state index is 15.6. The Bertz CT molecular complexity index is 1290. The first-order chi connectivity index (χ1) is 17.9. The highest BCUT2D eigenvalue weighted by atomic mass is 19.1. The largest absolute Gasteiger partial charge is 0.478 e. The average molecular weight is 523 g/mol. The van der Waals surface area contributed by atoms with Crippen molar-refractivity contribution in [2.75, 3.05) is 26.0 Å². The molecule has 1 aliphatic carbocycles. The van der Waals surface area contributed by atoms with Gasteiger partial charge in [0.1, 0.15) is 5.82 Å². The zero-order valence-electron chi connectivity index (χ0n) is 22.0. The Balaban J connectivity index is 1.95. The summed E-state index contributed by atoms with van der Waals surface area (Å²) in [7, 11) is 3.28. The minimum absolute atomic E-state index is 0.0190. The van der Waals surface area contributed by atoms with Crippen molar-refractivity contribution in [2.24, 2.45) is 29.3 Å². The fourth-order valence-corrected chi connectivity index (χ4v) is 4.50. The van der Waals surface area contributed by atoms with Crippen LogP contribution in [0.25, 0.3) is 11.1 Å². The second-order valence-corrected chi connectivity index (χ2v) is 9.97. The quantitative estimate of drug-likeness (QED) is 0.130. The van der Waals surface area contributed by atoms with E-state index in [0.29, 0.717) is 35.6 Å². The van der Waals surface area contributed by atoms with Crippen molar-refractivity contribution in [3.05, 3.63) is 77.0 Å². The molecule has 7 N–H and O–H groups in total. The van der Waals surface area contributed by atoms with Gasteiger partial charge in [-0.05, 0) is 36.1 Å². The van der Waals surface area contributed by atoms with Gasteiger partial charge in [0.05, 0.1) is 11.1 Å². The third kappa shape index (κ3) is 6.57. The summed E-state index contributed by atoms with van der Waals surface area (Å²) in [6.45, 7) is 4.47. The lowest BCUT2D eigenvalue weighted by Crippen LogP contribution is -2.31. The number of hydrazine groups is 1. The Morgan fingerprint density at radius 3 is 2.50 bits per heavy atom. The van der Waals surface area contributed by atoms with E-state index in [1.54, 1.807) is 56.7 Å². The van der Waals surface area contributed by atoms with E-state index in [0.717, 1.165) is 6.21 Å². The van der Waals surface area contributed by atoms with E-state index in [1.165, 1.54) is 16.0 Å². The number of carbonyl (C=O) groups is 2. The Labute approximate surface area is 222 Å². The summed E-state index contributed by atoms with van der Waals surface area (Å²) < 4.78 is 15.6. The fraction of sp³-hybridized carbons (Fsp3) is 0.321. The fourth-order valence-electron chi connectivity index (χ4n) is 4.50. The number of halogens is 1. The minimum Gasteiger partial charge on any atom is -0.478 e. The molecule has 9 nitrogen and oxygen atoms in total. The molecular formula is C28H35FN6O3. The van der Waals surface area contributed by atoms with E-state index in [-0.39, 0.29) is 34.5 Å². The number of nitrogens with one attached hydrogen (secondary N) is 2. The number of rotatable bonds is 11. The molecular weight excluding hydrogens is 487 g/mol. The van der Waals surface area contributed by atoms with E-state index in [2.05, 4.69) is 5.32 Å². The Morgan fingerprint density at radius 1 is 1.21 bits per heavy atom. The summed E-state index contributed by atoms with van der Waals surface area (Å²) in [5, 5.41) is 21.9. The number of allylic oxidation sites excluding steroid dienone is 2. The van der Waals surface area contributed by atoms with E-state index >= 15 is 4.39 Å². The van der Waals surface area contributed by atoms with Crippen LogP contribution in [-0.4, -0.2) is 53.7 Å². The molecule has 10 heteroatoms. The number of amides is 1. The van der Waals surface area contributed by atoms with Gasteiger partial charge in [0.2, 0.25) is 0 Å². The molecule has 38 heavy (non-hydrogen) atoms. The summed E-state index contributed by atoms with van der Waals surface area (Å²) in [6, 6.07) is 11.5. The second-order valence-electron chi connectivity index (χ2n) is 9.97. The second kappa shape index (κ2) is 11.9. The van der Waals surface area contributed by atoms with Crippen LogP contribution in [0.1, 0.15) is 30.6 Å². The number of nitrogens with two attached hydrogens (primary N) is 2. The summed E-state index contributed by atoms with van der Waals surface area (Å²) in [5.41, 5.74) is 8.04. The molecule has 1 saturated carbocycles. The molecule has 1 fully saturated rings. The van der Waals surface area contributed by atoms with Gasteiger partial charge in [-0.2, -0.15) is 0 Å². The van der Waals surface area contributed by atoms with Crippen molar-refractivity contribution in [1.82, 2.24) is 9.91 Å². The van der Waals surface area contributed by atoms with Crippen LogP contribution >= 0.6 is 0 Å². The molecule has 1 amide bonds. The zero-order valence-corrected chi connectivity index (χ0v) is 22.0. The Morgan fingerprint density at radius 2 is 1.89 bits per heavy atom. The van der Waals surface area contributed by atoms with Crippen LogP contribution in [-0.2, 0) is 4.79 Å². The standard InChI is InChI=1S/C28H35FN6O3/c1-16(2)14-34(3)27(36)20-10-6-9-19(25(20)29)17-7-5-8-18(11-17)33-26(23(13-30)28(37)38)22-12-21(22)24(31)15-35(4)32/h5-11,13,15-16,21-22,30,33H,12,14,31-32H2,1-4H3,(H,37,38)/b24-15-,26-23+,30-13?/t21?,22-/m1/s1. The Kier molecular flexibility index (Phi) is 8.90. The molecule has 3 rings (SSSR count). The van der Waals surface area contributed by atoms with E-state index < -0.39 is 17.7 Å². The van der Waals surface area contributed by atoms with Crippen molar-refractivity contribution in [3.8, 4) is 11.1 Å². The number of carbonyl (C=O) groups excluding carboxylic acids is 1. The Hall–Kier alpha value is -4.18. The molecule has 0 spiro atoms. The lowest BCUT2D eigenvalue weighted by molar-refractivity contribution is -0.132. The molecule has 0 aromatic heterocycles. The molecule has 2 aromatic rings. The van der Waals surface area contributed by atoms with E-state index in [1.807, 2.05) is 13.8 Å². The SMILES string of the molecule is CC(C)CN(C)C(=O)c1cccc(-c2cccc(N/C(=C(\C=N)C(=O)O)[C@@H]3CC3/C(N)=C/N(C)N)c2)c1F. The molecule has 202 valence electrons. The number of benzene rings is 2. The molecule has 0 bridgehead atoms. The third-order valence-electron chi connectivity index (χ3n) is 6.27. The number of aliphatic carboxylic acids is 1. The maximum Gasteiger partial charge on any atom is 0.339 e. The number of anilines is 1. The van der Waals surface area contributed by atoms with Crippen LogP contribution < -0.4 is 16.9 Å². The van der Waals surface area contributed by atoms with Gasteiger partial charge in [0.15, 0.2) is 0 Å². The van der Waals surface area contributed by atoms with Gasteiger partial charge in [-0.1, -0.05) is 38.1 Å². The highest BCUT2D eigenvalue weighted by molar-refractivity contribution is 6.09. The molecule has 0 radical (unpaired) electrons. The number of hydrogen-bond donors (Lipinski definition) is 5. The number of carboxylic acid groups (broad SMARTS) is 1. The summed E-state index contributed by atoms with van der Waals surface area (Å²) in [4.78, 5) is 26.3. The van der Waals surface area contributed by atoms with Gasteiger partial charge < -0.3 is 31.5 Å². The summed E-state index contributed by atoms with van der Waals surface area (Å²) >= 11 is 0. The maximum absolute atomic E-state index is 15.6. The monoisotopic (exact) mass is 522 g/mol. The van der Waals surface area contributed by atoms with Crippen molar-refractivity contribution in [2.45, 2.75) is 20.3 Å². The molecule has 1 aliphatic rings. The van der Waals surface area contributed by atoms with Gasteiger partial charge in [-0.3, -0.25) is 4.79 Å². The zero-order chi connectivity index (χ0) is 28.1. The van der Waals surface area contributed by atoms with E-state index in [9.17, 15) is 14.7 Å². The predicted molar refractivity (Wildman–Crippen MR) is 147 cm³/mol. The number of nitrogens with zero attached hydrogens (tertiary/aromatic N) is 2. The first-order valence-corrected chi connectivity index (χ1v) is 12.3. The van der Waals surface area contributed by atoms with Crippen molar-refractivity contribution >= 4 is 23.8 Å². The highest BCUT2D eigenvalue weighted by Gasteiger charge is 2.44. The smallest absolute Gasteiger partial charge is 0.339 e. The third-order valence-corrected chi connectivity index (χ3v) is 6.27. The van der Waals surface area contributed by atoms with Crippen LogP contribution in [0.4, 0.5) is 10.1 Å². The van der Waals surface area contributed by atoms with Gasteiger partial charge >= 0.3 is 5.97 Å². The van der Waals surface area contributed by atoms with Crippen LogP contribution in [0.5, 0.6) is 0 Å². The molecule has 0 aliphatic heterocycles. The van der Waals surface area contributed by atoms with Gasteiger partial charge in [-0.15, -0.1) is 0 Å².